The van der Waals surface area contributed by atoms with E-state index in [0.29, 0.717) is 12.5 Å². The number of hydrogen-bond donors (Lipinski definition) is 2. The summed E-state index contributed by atoms with van der Waals surface area (Å²) >= 11 is 0. The molecule has 2 unspecified atom stereocenters. The van der Waals surface area contributed by atoms with E-state index in [1.165, 1.54) is 19.5 Å². The molecule has 2 atom stereocenters. The number of nitrogens with one attached hydrogen (secondary N) is 2. The van der Waals surface area contributed by atoms with Crippen LogP contribution in [-0.4, -0.2) is 50.1 Å². The summed E-state index contributed by atoms with van der Waals surface area (Å²) in [5, 5.41) is 6.49. The lowest BCUT2D eigenvalue weighted by atomic mass is 10.1. The fourth-order valence-corrected chi connectivity index (χ4v) is 2.67. The average Bonchev–Trinajstić information content (AvgIpc) is 2.55. The largest absolute Gasteiger partial charge is 0.356 e. The molecule has 4 nitrogen and oxygen atoms in total. The van der Waals surface area contributed by atoms with E-state index in [9.17, 15) is 4.79 Å². The van der Waals surface area contributed by atoms with Crippen molar-refractivity contribution in [1.82, 2.24) is 15.5 Å². The predicted molar refractivity (Wildman–Crippen MR) is 64.3 cm³/mol. The maximum Gasteiger partial charge on any atom is 0.221 e. The molecule has 92 valence electrons. The molecular weight excluding hydrogens is 202 g/mol. The lowest BCUT2D eigenvalue weighted by Crippen LogP contribution is -2.36. The fraction of sp³-hybridized carbons (Fsp3) is 0.917. The third kappa shape index (κ3) is 3.46. The Hall–Kier alpha value is -0.610. The molecule has 2 aliphatic rings. The second-order valence-electron chi connectivity index (χ2n) is 5.22. The first-order chi connectivity index (χ1) is 7.74. The lowest BCUT2D eigenvalue weighted by molar-refractivity contribution is -0.121. The van der Waals surface area contributed by atoms with Crippen LogP contribution in [-0.2, 0) is 4.79 Å². The van der Waals surface area contributed by atoms with Gasteiger partial charge in [0.25, 0.3) is 0 Å². The maximum atomic E-state index is 11.4. The van der Waals surface area contributed by atoms with Crippen LogP contribution in [0.1, 0.15) is 25.7 Å². The van der Waals surface area contributed by atoms with Crippen molar-refractivity contribution in [2.75, 3.05) is 33.2 Å². The summed E-state index contributed by atoms with van der Waals surface area (Å²) in [5.74, 6) is 0.981. The quantitative estimate of drug-likeness (QED) is 0.721. The average molecular weight is 225 g/mol. The SMILES string of the molecule is CN1CCC(CNC2CCCNC(=O)C2)C1. The summed E-state index contributed by atoms with van der Waals surface area (Å²) < 4.78 is 0. The number of likely N-dealkylation sites (tertiary alicyclic amines) is 1. The summed E-state index contributed by atoms with van der Waals surface area (Å²) in [4.78, 5) is 13.8. The molecule has 0 aromatic carbocycles. The molecule has 0 spiro atoms. The number of hydrogen-bond acceptors (Lipinski definition) is 3. The van der Waals surface area contributed by atoms with Crippen LogP contribution in [0.2, 0.25) is 0 Å². The molecule has 2 saturated heterocycles. The van der Waals surface area contributed by atoms with Crippen molar-refractivity contribution in [3.8, 4) is 0 Å². The van der Waals surface area contributed by atoms with Crippen LogP contribution >= 0.6 is 0 Å². The van der Waals surface area contributed by atoms with E-state index in [0.717, 1.165) is 31.8 Å². The standard InChI is InChI=1S/C12H23N3O/c1-15-6-4-10(9-15)8-14-11-3-2-5-13-12(16)7-11/h10-11,14H,2-9H2,1H3,(H,13,16). The van der Waals surface area contributed by atoms with Crippen molar-refractivity contribution >= 4 is 5.91 Å². The number of rotatable bonds is 3. The highest BCUT2D eigenvalue weighted by atomic mass is 16.1. The summed E-state index contributed by atoms with van der Waals surface area (Å²) in [6.45, 7) is 4.34. The number of carbonyl (C=O) groups is 1. The molecule has 0 radical (unpaired) electrons. The van der Waals surface area contributed by atoms with Gasteiger partial charge in [-0.3, -0.25) is 4.79 Å². The van der Waals surface area contributed by atoms with E-state index < -0.39 is 0 Å². The van der Waals surface area contributed by atoms with Crippen LogP contribution in [0.4, 0.5) is 0 Å². The van der Waals surface area contributed by atoms with Gasteiger partial charge in [0.05, 0.1) is 0 Å². The van der Waals surface area contributed by atoms with Gasteiger partial charge in [0, 0.05) is 25.6 Å². The normalized spacial score (nSPS) is 32.4. The molecule has 0 saturated carbocycles. The fourth-order valence-electron chi connectivity index (χ4n) is 2.67. The molecule has 2 rings (SSSR count). The van der Waals surface area contributed by atoms with E-state index in [1.54, 1.807) is 0 Å². The van der Waals surface area contributed by atoms with Crippen molar-refractivity contribution in [3.05, 3.63) is 0 Å². The number of nitrogens with zero attached hydrogens (tertiary/aromatic N) is 1. The monoisotopic (exact) mass is 225 g/mol. The Labute approximate surface area is 97.8 Å². The first-order valence-corrected chi connectivity index (χ1v) is 6.42. The minimum Gasteiger partial charge on any atom is -0.356 e. The van der Waals surface area contributed by atoms with Gasteiger partial charge >= 0.3 is 0 Å². The van der Waals surface area contributed by atoms with E-state index >= 15 is 0 Å². The van der Waals surface area contributed by atoms with Crippen molar-refractivity contribution in [3.63, 3.8) is 0 Å². The van der Waals surface area contributed by atoms with Gasteiger partial charge in [0.15, 0.2) is 0 Å². The second kappa shape index (κ2) is 5.64. The number of amides is 1. The van der Waals surface area contributed by atoms with E-state index in [1.807, 2.05) is 0 Å². The van der Waals surface area contributed by atoms with Gasteiger partial charge in [-0.05, 0) is 45.3 Å². The molecular formula is C12H23N3O. The van der Waals surface area contributed by atoms with Gasteiger partial charge in [0.2, 0.25) is 5.91 Å². The Morgan fingerprint density at radius 3 is 3.12 bits per heavy atom. The van der Waals surface area contributed by atoms with Crippen molar-refractivity contribution in [2.24, 2.45) is 5.92 Å². The highest BCUT2D eigenvalue weighted by Crippen LogP contribution is 2.14. The Balaban J connectivity index is 1.70. The Bertz CT molecular complexity index is 244. The molecule has 4 heteroatoms. The first kappa shape index (κ1) is 11.9. The van der Waals surface area contributed by atoms with Crippen LogP contribution in [0.15, 0.2) is 0 Å². The van der Waals surface area contributed by atoms with Crippen LogP contribution in [0, 0.1) is 5.92 Å². The lowest BCUT2D eigenvalue weighted by Gasteiger charge is -2.18. The maximum absolute atomic E-state index is 11.4. The van der Waals surface area contributed by atoms with Gasteiger partial charge in [0.1, 0.15) is 0 Å². The molecule has 16 heavy (non-hydrogen) atoms. The molecule has 2 N–H and O–H groups in total. The zero-order valence-corrected chi connectivity index (χ0v) is 10.2. The second-order valence-corrected chi connectivity index (χ2v) is 5.22. The molecule has 2 heterocycles. The molecule has 0 aromatic rings. The third-order valence-corrected chi connectivity index (χ3v) is 3.67. The summed E-state index contributed by atoms with van der Waals surface area (Å²) in [5.41, 5.74) is 0. The molecule has 0 aromatic heterocycles. The molecule has 0 aliphatic carbocycles. The van der Waals surface area contributed by atoms with Crippen LogP contribution in [0.25, 0.3) is 0 Å². The highest BCUT2D eigenvalue weighted by molar-refractivity contribution is 5.76. The zero-order chi connectivity index (χ0) is 11.4. The summed E-state index contributed by atoms with van der Waals surface area (Å²) in [6, 6.07) is 0.397. The molecule has 0 bridgehead atoms. The molecule has 2 fully saturated rings. The Morgan fingerprint density at radius 1 is 1.50 bits per heavy atom. The van der Waals surface area contributed by atoms with Gasteiger partial charge < -0.3 is 15.5 Å². The van der Waals surface area contributed by atoms with Crippen molar-refractivity contribution in [1.29, 1.82) is 0 Å². The van der Waals surface area contributed by atoms with Gasteiger partial charge in [-0.25, -0.2) is 0 Å². The first-order valence-electron chi connectivity index (χ1n) is 6.42. The third-order valence-electron chi connectivity index (χ3n) is 3.67. The van der Waals surface area contributed by atoms with Crippen LogP contribution in [0.5, 0.6) is 0 Å². The minimum atomic E-state index is 0.207. The summed E-state index contributed by atoms with van der Waals surface area (Å²) in [7, 11) is 2.18. The van der Waals surface area contributed by atoms with Gasteiger partial charge in [-0.1, -0.05) is 0 Å². The minimum absolute atomic E-state index is 0.207. The number of carbonyl (C=O) groups excluding carboxylic acids is 1. The smallest absolute Gasteiger partial charge is 0.221 e. The summed E-state index contributed by atoms with van der Waals surface area (Å²) in [6.07, 6.45) is 4.18. The van der Waals surface area contributed by atoms with E-state index in [-0.39, 0.29) is 5.91 Å². The van der Waals surface area contributed by atoms with Gasteiger partial charge in [-0.2, -0.15) is 0 Å². The van der Waals surface area contributed by atoms with Crippen LogP contribution < -0.4 is 10.6 Å². The Morgan fingerprint density at radius 2 is 2.38 bits per heavy atom. The van der Waals surface area contributed by atoms with Crippen LogP contribution in [0.3, 0.4) is 0 Å². The van der Waals surface area contributed by atoms with Gasteiger partial charge in [-0.15, -0.1) is 0 Å². The van der Waals surface area contributed by atoms with Crippen molar-refractivity contribution < 1.29 is 4.79 Å². The zero-order valence-electron chi connectivity index (χ0n) is 10.2. The van der Waals surface area contributed by atoms with E-state index in [2.05, 4.69) is 22.6 Å². The molecule has 2 aliphatic heterocycles. The predicted octanol–water partition coefficient (Wildman–Crippen LogP) is 0.196. The topological polar surface area (TPSA) is 44.4 Å². The van der Waals surface area contributed by atoms with E-state index in [4.69, 9.17) is 0 Å². The highest BCUT2D eigenvalue weighted by Gasteiger charge is 2.22. The molecule has 1 amide bonds. The van der Waals surface area contributed by atoms with Crippen molar-refractivity contribution in [2.45, 2.75) is 31.7 Å². The Kier molecular flexibility index (Phi) is 4.18.